The minimum Gasteiger partial charge on any atom is -0.481 e. The highest BCUT2D eigenvalue weighted by Crippen LogP contribution is 2.01. The molecule has 0 aliphatic rings. The van der Waals surface area contributed by atoms with E-state index in [4.69, 9.17) is 21.6 Å². The molecule has 0 spiro atoms. The Kier molecular flexibility index (Phi) is 17.2. The minimum absolute atomic E-state index is 0. The molecule has 1 unspecified atom stereocenters. The van der Waals surface area contributed by atoms with E-state index >= 15 is 0 Å². The first kappa shape index (κ1) is 28.6. The second kappa shape index (κ2) is 17.5. The SMILES string of the molecule is CCC(N)=[NH+]CCCC(NC(=O)c1ccccc1)C(N)=O.CCOC(=N)CC.Cl. The molecule has 1 aromatic carbocycles. The van der Waals surface area contributed by atoms with Crippen molar-refractivity contribution in [1.82, 2.24) is 5.32 Å². The van der Waals surface area contributed by atoms with Crippen molar-refractivity contribution in [1.29, 1.82) is 5.41 Å². The molecule has 0 saturated carbocycles. The lowest BCUT2D eigenvalue weighted by Gasteiger charge is -2.14. The van der Waals surface area contributed by atoms with E-state index in [1.54, 1.807) is 24.3 Å². The molecule has 1 aromatic rings. The van der Waals surface area contributed by atoms with E-state index in [2.05, 4.69) is 10.3 Å². The first-order valence-electron chi connectivity index (χ1n) is 9.56. The number of nitrogens with one attached hydrogen (secondary N) is 3. The van der Waals surface area contributed by atoms with Gasteiger partial charge in [-0.2, -0.15) is 0 Å². The summed E-state index contributed by atoms with van der Waals surface area (Å²) >= 11 is 0. The zero-order valence-corrected chi connectivity index (χ0v) is 18.3. The molecule has 0 bridgehead atoms. The molecule has 0 fully saturated rings. The molecular formula is C20H35ClN5O3+. The van der Waals surface area contributed by atoms with Crippen molar-refractivity contribution in [3.8, 4) is 0 Å². The molecule has 0 radical (unpaired) electrons. The molecule has 1 rings (SSSR count). The van der Waals surface area contributed by atoms with Crippen molar-refractivity contribution < 1.29 is 19.3 Å². The molecule has 0 heterocycles. The number of primary amides is 1. The maximum Gasteiger partial charge on any atom is 0.251 e. The third-order valence-electron chi connectivity index (χ3n) is 3.73. The van der Waals surface area contributed by atoms with E-state index in [1.165, 1.54) is 0 Å². The Labute approximate surface area is 179 Å². The van der Waals surface area contributed by atoms with E-state index in [-0.39, 0.29) is 18.3 Å². The Morgan fingerprint density at radius 3 is 2.21 bits per heavy atom. The largest absolute Gasteiger partial charge is 0.481 e. The third-order valence-corrected chi connectivity index (χ3v) is 3.73. The number of amidine groups is 1. The van der Waals surface area contributed by atoms with Crippen LogP contribution in [0.25, 0.3) is 0 Å². The first-order valence-corrected chi connectivity index (χ1v) is 9.56. The summed E-state index contributed by atoms with van der Waals surface area (Å²) in [7, 11) is 0. The van der Waals surface area contributed by atoms with Crippen molar-refractivity contribution in [2.24, 2.45) is 11.5 Å². The molecular weight excluding hydrogens is 394 g/mol. The maximum absolute atomic E-state index is 12.0. The van der Waals surface area contributed by atoms with Crippen molar-refractivity contribution >= 4 is 36.0 Å². The average Bonchev–Trinajstić information content (AvgIpc) is 2.70. The zero-order chi connectivity index (χ0) is 21.4. The van der Waals surface area contributed by atoms with Crippen molar-refractivity contribution in [3.63, 3.8) is 0 Å². The number of rotatable bonds is 10. The summed E-state index contributed by atoms with van der Waals surface area (Å²) in [4.78, 5) is 26.4. The van der Waals surface area contributed by atoms with Gasteiger partial charge in [0.1, 0.15) is 6.04 Å². The summed E-state index contributed by atoms with van der Waals surface area (Å²) in [5, 5.41) is 9.57. The van der Waals surface area contributed by atoms with Gasteiger partial charge >= 0.3 is 0 Å². The molecule has 0 aliphatic heterocycles. The van der Waals surface area contributed by atoms with Crippen molar-refractivity contribution in [3.05, 3.63) is 35.9 Å². The van der Waals surface area contributed by atoms with Gasteiger partial charge in [0.2, 0.25) is 11.7 Å². The predicted molar refractivity (Wildman–Crippen MR) is 118 cm³/mol. The van der Waals surface area contributed by atoms with Gasteiger partial charge in [0.15, 0.2) is 5.90 Å². The Morgan fingerprint density at radius 2 is 1.76 bits per heavy atom. The standard InChI is InChI=1S/C15H22N4O2.C5H11NO.ClH/c1-2-13(16)18-10-6-9-12(14(17)20)19-15(21)11-7-4-3-5-8-11;1-3-5(6)7-4-2;/h3-5,7-8,12H,2,6,9-10H2,1H3,(H2,16,18)(H2,17,20)(H,19,21);6H,3-4H2,1-2H3;1H/p+1. The van der Waals surface area contributed by atoms with Crippen LogP contribution in [0.1, 0.15) is 56.8 Å². The highest BCUT2D eigenvalue weighted by atomic mass is 35.5. The lowest BCUT2D eigenvalue weighted by Crippen LogP contribution is -2.75. The highest BCUT2D eigenvalue weighted by molar-refractivity contribution is 5.97. The molecule has 9 heteroatoms. The normalized spacial score (nSPS) is 11.2. The summed E-state index contributed by atoms with van der Waals surface area (Å²) in [6, 6.07) is 8.05. The van der Waals surface area contributed by atoms with Gasteiger partial charge in [-0.3, -0.25) is 25.7 Å². The van der Waals surface area contributed by atoms with Gasteiger partial charge < -0.3 is 15.8 Å². The van der Waals surface area contributed by atoms with Crippen LogP contribution in [0.5, 0.6) is 0 Å². The number of nitrogens with two attached hydrogens (primary N) is 2. The fourth-order valence-electron chi connectivity index (χ4n) is 2.07. The summed E-state index contributed by atoms with van der Waals surface area (Å²) in [6.07, 6.45) is 2.61. The van der Waals surface area contributed by atoms with Crippen molar-refractivity contribution in [2.45, 2.75) is 52.5 Å². The van der Waals surface area contributed by atoms with Gasteiger partial charge in [-0.25, -0.2) is 0 Å². The first-order chi connectivity index (χ1) is 13.3. The minimum atomic E-state index is -0.678. The Bertz CT molecular complexity index is 638. The maximum atomic E-state index is 12.0. The highest BCUT2D eigenvalue weighted by Gasteiger charge is 2.18. The second-order valence-corrected chi connectivity index (χ2v) is 5.95. The number of amides is 2. The van der Waals surface area contributed by atoms with Crippen LogP contribution >= 0.6 is 12.4 Å². The van der Waals surface area contributed by atoms with Crippen LogP contribution in [0.3, 0.4) is 0 Å². The monoisotopic (exact) mass is 428 g/mol. The number of hydrogen-bond donors (Lipinski definition) is 5. The number of benzene rings is 1. The molecule has 1 atom stereocenters. The van der Waals surface area contributed by atoms with Crippen LogP contribution in [0, 0.1) is 5.41 Å². The molecule has 164 valence electrons. The third kappa shape index (κ3) is 14.1. The van der Waals surface area contributed by atoms with Crippen LogP contribution in [-0.2, 0) is 9.53 Å². The van der Waals surface area contributed by atoms with E-state index in [1.807, 2.05) is 26.8 Å². The van der Waals surface area contributed by atoms with Crippen LogP contribution in [0.4, 0.5) is 0 Å². The van der Waals surface area contributed by atoms with Gasteiger partial charge in [0.05, 0.1) is 13.2 Å². The predicted octanol–water partition coefficient (Wildman–Crippen LogP) is 0.730. The van der Waals surface area contributed by atoms with Crippen molar-refractivity contribution in [2.75, 3.05) is 13.2 Å². The summed E-state index contributed by atoms with van der Waals surface area (Å²) in [5.74, 6) is 0.250. The molecule has 0 aromatic heterocycles. The van der Waals surface area contributed by atoms with Crippen LogP contribution in [0.2, 0.25) is 0 Å². The van der Waals surface area contributed by atoms with Crippen LogP contribution in [-0.4, -0.2) is 42.7 Å². The fourth-order valence-corrected chi connectivity index (χ4v) is 2.07. The Morgan fingerprint density at radius 1 is 1.14 bits per heavy atom. The number of halogens is 1. The summed E-state index contributed by atoms with van der Waals surface area (Å²) < 4.78 is 4.77. The molecule has 2 amide bonds. The van der Waals surface area contributed by atoms with E-state index in [9.17, 15) is 9.59 Å². The van der Waals surface area contributed by atoms with Crippen LogP contribution < -0.4 is 21.8 Å². The number of carbonyl (C=O) groups excluding carboxylic acids is 2. The Hall–Kier alpha value is -2.61. The molecule has 8 nitrogen and oxygen atoms in total. The quantitative estimate of drug-likeness (QED) is 0.212. The number of ether oxygens (including phenoxy) is 1. The summed E-state index contributed by atoms with van der Waals surface area (Å²) in [5.41, 5.74) is 11.5. The van der Waals surface area contributed by atoms with E-state index in [0.29, 0.717) is 49.7 Å². The number of hydrogen-bond acceptors (Lipinski definition) is 4. The molecule has 7 N–H and O–H groups in total. The fraction of sp³-hybridized carbons (Fsp3) is 0.500. The van der Waals surface area contributed by atoms with Gasteiger partial charge in [-0.1, -0.05) is 32.0 Å². The van der Waals surface area contributed by atoms with E-state index in [0.717, 1.165) is 6.42 Å². The zero-order valence-electron chi connectivity index (χ0n) is 17.5. The van der Waals surface area contributed by atoms with Gasteiger partial charge in [0.25, 0.3) is 5.91 Å². The van der Waals surface area contributed by atoms with Crippen LogP contribution in [0.15, 0.2) is 30.3 Å². The molecule has 29 heavy (non-hydrogen) atoms. The topological polar surface area (TPSA) is 145 Å². The van der Waals surface area contributed by atoms with Gasteiger partial charge in [-0.05, 0) is 31.9 Å². The van der Waals surface area contributed by atoms with E-state index < -0.39 is 11.9 Å². The number of carbonyl (C=O) groups is 2. The lowest BCUT2D eigenvalue weighted by molar-refractivity contribution is -0.460. The molecule has 0 saturated heterocycles. The van der Waals surface area contributed by atoms with Gasteiger partial charge in [0, 0.05) is 18.4 Å². The van der Waals surface area contributed by atoms with Gasteiger partial charge in [-0.15, -0.1) is 12.4 Å². The smallest absolute Gasteiger partial charge is 0.251 e. The average molecular weight is 429 g/mol. The second-order valence-electron chi connectivity index (χ2n) is 5.95. The lowest BCUT2D eigenvalue weighted by atomic mass is 10.1. The Balaban J connectivity index is 0. The molecule has 0 aliphatic carbocycles. The summed E-state index contributed by atoms with van der Waals surface area (Å²) in [6.45, 7) is 6.99.